The van der Waals surface area contributed by atoms with Gasteiger partial charge in [-0.05, 0) is 19.1 Å². The number of nitrogen functional groups attached to an aromatic ring is 1. The molecule has 1 atom stereocenters. The highest BCUT2D eigenvalue weighted by Crippen LogP contribution is 2.28. The van der Waals surface area contributed by atoms with Crippen molar-refractivity contribution in [3.05, 3.63) is 23.0 Å². The summed E-state index contributed by atoms with van der Waals surface area (Å²) in [4.78, 5) is 13.0. The number of carbonyl (C=O) groups excluding carboxylic acids is 1. The summed E-state index contributed by atoms with van der Waals surface area (Å²) in [6.07, 6.45) is 0. The van der Waals surface area contributed by atoms with Gasteiger partial charge in [-0.2, -0.15) is 0 Å². The number of amides is 1. The van der Waals surface area contributed by atoms with Crippen molar-refractivity contribution in [1.82, 2.24) is 4.90 Å². The number of likely N-dealkylation sites (N-methyl/N-ethyl adjacent to an activating group) is 1. The number of hydrogen-bond acceptors (Lipinski definition) is 3. The van der Waals surface area contributed by atoms with Gasteiger partial charge in [-0.1, -0.05) is 11.6 Å². The molecule has 0 fully saturated rings. The topological polar surface area (TPSA) is 58.4 Å². The van der Waals surface area contributed by atoms with Crippen molar-refractivity contribution in [3.63, 3.8) is 0 Å². The molecule has 0 saturated carbocycles. The van der Waals surface area contributed by atoms with E-state index < -0.39 is 11.9 Å². The minimum Gasteiger partial charge on any atom is -0.397 e. The molecule has 1 unspecified atom stereocenters. The minimum atomic E-state index is -0.648. The fourth-order valence-corrected chi connectivity index (χ4v) is 1.54. The van der Waals surface area contributed by atoms with E-state index in [9.17, 15) is 9.18 Å². The number of rotatable bonds is 3. The predicted octanol–water partition coefficient (Wildman–Crippen LogP) is 1.95. The third-order valence-corrected chi connectivity index (χ3v) is 2.59. The van der Waals surface area contributed by atoms with Crippen LogP contribution >= 0.6 is 11.6 Å². The first kappa shape index (κ1) is 13.6. The van der Waals surface area contributed by atoms with E-state index in [2.05, 4.69) is 5.32 Å². The Morgan fingerprint density at radius 1 is 1.53 bits per heavy atom. The number of carbonyl (C=O) groups is 1. The smallest absolute Gasteiger partial charge is 0.244 e. The predicted molar refractivity (Wildman–Crippen MR) is 67.6 cm³/mol. The van der Waals surface area contributed by atoms with Crippen LogP contribution in [0.2, 0.25) is 5.02 Å². The standard InChI is InChI=1S/C11H15ClFN3O/c1-6(11(17)16(2)3)15-10-8(14)5-4-7(12)9(10)13/h4-6,15H,14H2,1-3H3. The van der Waals surface area contributed by atoms with Crippen molar-refractivity contribution in [2.45, 2.75) is 13.0 Å². The third-order valence-electron chi connectivity index (χ3n) is 2.30. The van der Waals surface area contributed by atoms with E-state index in [-0.39, 0.29) is 22.3 Å². The molecule has 3 N–H and O–H groups in total. The summed E-state index contributed by atoms with van der Waals surface area (Å²) in [5.74, 6) is -0.825. The van der Waals surface area contributed by atoms with Crippen LogP contribution in [0.15, 0.2) is 12.1 Å². The third kappa shape index (κ3) is 3.00. The zero-order chi connectivity index (χ0) is 13.2. The van der Waals surface area contributed by atoms with E-state index in [1.54, 1.807) is 21.0 Å². The van der Waals surface area contributed by atoms with Gasteiger partial charge in [-0.25, -0.2) is 4.39 Å². The van der Waals surface area contributed by atoms with E-state index in [4.69, 9.17) is 17.3 Å². The Hall–Kier alpha value is -1.49. The molecule has 0 heterocycles. The van der Waals surface area contributed by atoms with Gasteiger partial charge in [0.15, 0.2) is 5.82 Å². The van der Waals surface area contributed by atoms with Crippen LogP contribution in [0, 0.1) is 5.82 Å². The van der Waals surface area contributed by atoms with Crippen LogP contribution in [0.5, 0.6) is 0 Å². The molecule has 1 aromatic rings. The molecule has 1 rings (SSSR count). The molecule has 0 aliphatic carbocycles. The average molecular weight is 260 g/mol. The van der Waals surface area contributed by atoms with Gasteiger partial charge in [0, 0.05) is 14.1 Å². The Morgan fingerprint density at radius 2 is 2.12 bits per heavy atom. The van der Waals surface area contributed by atoms with Crippen molar-refractivity contribution in [1.29, 1.82) is 0 Å². The Bertz CT molecular complexity index is 437. The summed E-state index contributed by atoms with van der Waals surface area (Å²) < 4.78 is 13.7. The molecule has 0 aliphatic heterocycles. The largest absolute Gasteiger partial charge is 0.397 e. The Kier molecular flexibility index (Phi) is 4.17. The molecule has 0 bridgehead atoms. The maximum absolute atomic E-state index is 13.7. The van der Waals surface area contributed by atoms with E-state index >= 15 is 0 Å². The maximum atomic E-state index is 13.7. The lowest BCUT2D eigenvalue weighted by molar-refractivity contribution is -0.129. The average Bonchev–Trinajstić information content (AvgIpc) is 2.28. The highest BCUT2D eigenvalue weighted by Gasteiger charge is 2.18. The first-order chi connectivity index (χ1) is 7.84. The number of nitrogens with one attached hydrogen (secondary N) is 1. The Balaban J connectivity index is 2.96. The first-order valence-corrected chi connectivity index (χ1v) is 5.43. The van der Waals surface area contributed by atoms with Crippen molar-refractivity contribution < 1.29 is 9.18 Å². The molecule has 0 radical (unpaired) electrons. The summed E-state index contributed by atoms with van der Waals surface area (Å²) in [6.45, 7) is 1.63. The van der Waals surface area contributed by atoms with Crippen LogP contribution in [-0.4, -0.2) is 30.9 Å². The van der Waals surface area contributed by atoms with Crippen LogP contribution in [-0.2, 0) is 4.79 Å². The van der Waals surface area contributed by atoms with Crippen molar-refractivity contribution in [2.24, 2.45) is 0 Å². The lowest BCUT2D eigenvalue weighted by Gasteiger charge is -2.20. The van der Waals surface area contributed by atoms with Gasteiger partial charge in [0.2, 0.25) is 5.91 Å². The second-order valence-electron chi connectivity index (χ2n) is 3.92. The monoisotopic (exact) mass is 259 g/mol. The highest BCUT2D eigenvalue weighted by atomic mass is 35.5. The minimum absolute atomic E-state index is 0.0359. The molecule has 0 aliphatic rings. The second kappa shape index (κ2) is 5.23. The Morgan fingerprint density at radius 3 is 2.65 bits per heavy atom. The lowest BCUT2D eigenvalue weighted by Crippen LogP contribution is -2.37. The summed E-state index contributed by atoms with van der Waals surface area (Å²) in [6, 6.07) is 2.27. The lowest BCUT2D eigenvalue weighted by atomic mass is 10.2. The second-order valence-corrected chi connectivity index (χ2v) is 4.33. The highest BCUT2D eigenvalue weighted by molar-refractivity contribution is 6.31. The molecule has 1 amide bonds. The van der Waals surface area contributed by atoms with Crippen LogP contribution in [0.25, 0.3) is 0 Å². The molecule has 17 heavy (non-hydrogen) atoms. The number of anilines is 2. The molecular formula is C11H15ClFN3O. The van der Waals surface area contributed by atoms with Crippen LogP contribution in [0.1, 0.15) is 6.92 Å². The zero-order valence-corrected chi connectivity index (χ0v) is 10.7. The SMILES string of the molecule is CC(Nc1c(N)ccc(Cl)c1F)C(=O)N(C)C. The van der Waals surface area contributed by atoms with Gasteiger partial charge < -0.3 is 16.0 Å². The summed E-state index contributed by atoms with van der Waals surface area (Å²) in [7, 11) is 3.25. The van der Waals surface area contributed by atoms with Gasteiger partial charge in [-0.15, -0.1) is 0 Å². The number of benzene rings is 1. The van der Waals surface area contributed by atoms with Gasteiger partial charge >= 0.3 is 0 Å². The van der Waals surface area contributed by atoms with Gasteiger partial charge in [0.05, 0.1) is 16.4 Å². The fourth-order valence-electron chi connectivity index (χ4n) is 1.38. The quantitative estimate of drug-likeness (QED) is 0.816. The molecule has 4 nitrogen and oxygen atoms in total. The zero-order valence-electron chi connectivity index (χ0n) is 9.92. The number of nitrogens with zero attached hydrogens (tertiary/aromatic N) is 1. The summed E-state index contributed by atoms with van der Waals surface area (Å²) in [5.41, 5.74) is 5.90. The summed E-state index contributed by atoms with van der Waals surface area (Å²) in [5, 5.41) is 2.69. The molecular weight excluding hydrogens is 245 g/mol. The molecule has 94 valence electrons. The van der Waals surface area contributed by atoms with Gasteiger partial charge in [0.25, 0.3) is 0 Å². The van der Waals surface area contributed by atoms with Crippen LogP contribution in [0.3, 0.4) is 0 Å². The Labute approximate surface area is 105 Å². The van der Waals surface area contributed by atoms with Crippen molar-refractivity contribution in [2.75, 3.05) is 25.1 Å². The van der Waals surface area contributed by atoms with Crippen molar-refractivity contribution in [3.8, 4) is 0 Å². The van der Waals surface area contributed by atoms with E-state index in [0.717, 1.165) is 0 Å². The molecule has 0 spiro atoms. The van der Waals surface area contributed by atoms with E-state index in [1.807, 2.05) is 0 Å². The van der Waals surface area contributed by atoms with Gasteiger partial charge in [0.1, 0.15) is 6.04 Å². The van der Waals surface area contributed by atoms with Gasteiger partial charge in [-0.3, -0.25) is 4.79 Å². The summed E-state index contributed by atoms with van der Waals surface area (Å²) >= 11 is 5.65. The maximum Gasteiger partial charge on any atom is 0.244 e. The molecule has 0 saturated heterocycles. The fraction of sp³-hybridized carbons (Fsp3) is 0.364. The number of hydrogen-bond donors (Lipinski definition) is 2. The van der Waals surface area contributed by atoms with Crippen LogP contribution < -0.4 is 11.1 Å². The number of halogens is 2. The number of nitrogens with two attached hydrogens (primary N) is 1. The normalized spacial score (nSPS) is 12.1. The van der Waals surface area contributed by atoms with E-state index in [0.29, 0.717) is 0 Å². The van der Waals surface area contributed by atoms with E-state index in [1.165, 1.54) is 17.0 Å². The van der Waals surface area contributed by atoms with Crippen molar-refractivity contribution >= 4 is 28.9 Å². The molecule has 0 aromatic heterocycles. The van der Waals surface area contributed by atoms with Crippen LogP contribution in [0.4, 0.5) is 15.8 Å². The first-order valence-electron chi connectivity index (χ1n) is 5.05. The molecule has 6 heteroatoms. The molecule has 1 aromatic carbocycles.